The number of para-hydroxylation sites is 1. The van der Waals surface area contributed by atoms with E-state index in [1.807, 2.05) is 6.07 Å². The van der Waals surface area contributed by atoms with Crippen LogP contribution in [0, 0.1) is 6.92 Å². The van der Waals surface area contributed by atoms with Crippen LogP contribution in [0.4, 0.5) is 5.69 Å². The van der Waals surface area contributed by atoms with E-state index in [-0.39, 0.29) is 4.90 Å². The molecule has 0 aliphatic rings. The molecule has 0 atom stereocenters. The van der Waals surface area contributed by atoms with E-state index in [1.54, 1.807) is 43.3 Å². The topological polar surface area (TPSA) is 85.1 Å². The van der Waals surface area contributed by atoms with Gasteiger partial charge >= 0.3 is 0 Å². The summed E-state index contributed by atoms with van der Waals surface area (Å²) < 4.78 is 32.3. The maximum Gasteiger partial charge on any atom is 0.261 e. The largest absolute Gasteiger partial charge is 0.339 e. The molecular formula is C15H13N3O3S. The molecule has 7 heteroatoms. The standard InChI is InChI=1S/C15H13N3O3S/c1-11-16-15(17-21-11)12-6-5-9-14(10-12)22(19,20)18-13-7-3-2-4-8-13/h2-10,18H,1H3. The monoisotopic (exact) mass is 315 g/mol. The molecule has 6 nitrogen and oxygen atoms in total. The first-order valence-electron chi connectivity index (χ1n) is 6.53. The Bertz CT molecular complexity index is 889. The van der Waals surface area contributed by atoms with Crippen LogP contribution in [0.3, 0.4) is 0 Å². The number of rotatable bonds is 4. The second-order valence-electron chi connectivity index (χ2n) is 4.64. The van der Waals surface area contributed by atoms with Crippen molar-refractivity contribution < 1.29 is 12.9 Å². The van der Waals surface area contributed by atoms with Gasteiger partial charge in [-0.1, -0.05) is 35.5 Å². The molecule has 2 aromatic carbocycles. The Morgan fingerprint density at radius 1 is 1.05 bits per heavy atom. The van der Waals surface area contributed by atoms with Crippen LogP contribution in [0.5, 0.6) is 0 Å². The molecule has 0 saturated heterocycles. The van der Waals surface area contributed by atoms with Gasteiger partial charge in [0.15, 0.2) is 0 Å². The number of benzene rings is 2. The number of hydrogen-bond donors (Lipinski definition) is 1. The summed E-state index contributed by atoms with van der Waals surface area (Å²) in [6, 6.07) is 15.1. The Hall–Kier alpha value is -2.67. The molecule has 0 radical (unpaired) electrons. The summed E-state index contributed by atoms with van der Waals surface area (Å²) >= 11 is 0. The normalized spacial score (nSPS) is 11.3. The summed E-state index contributed by atoms with van der Waals surface area (Å²) in [6.45, 7) is 1.67. The van der Waals surface area contributed by atoms with E-state index in [9.17, 15) is 8.42 Å². The summed E-state index contributed by atoms with van der Waals surface area (Å²) in [5.41, 5.74) is 1.08. The highest BCUT2D eigenvalue weighted by atomic mass is 32.2. The molecule has 3 aromatic rings. The highest BCUT2D eigenvalue weighted by Crippen LogP contribution is 2.21. The lowest BCUT2D eigenvalue weighted by atomic mass is 10.2. The van der Waals surface area contributed by atoms with Crippen LogP contribution in [0.15, 0.2) is 64.0 Å². The van der Waals surface area contributed by atoms with Gasteiger partial charge in [-0.25, -0.2) is 8.42 Å². The van der Waals surface area contributed by atoms with E-state index in [0.29, 0.717) is 23.0 Å². The van der Waals surface area contributed by atoms with Gasteiger partial charge in [-0.3, -0.25) is 4.72 Å². The molecule has 0 fully saturated rings. The van der Waals surface area contributed by atoms with E-state index in [2.05, 4.69) is 14.9 Å². The van der Waals surface area contributed by atoms with Gasteiger partial charge in [0.2, 0.25) is 11.7 Å². The zero-order valence-corrected chi connectivity index (χ0v) is 12.5. The molecule has 0 amide bonds. The van der Waals surface area contributed by atoms with Crippen molar-refractivity contribution in [2.75, 3.05) is 4.72 Å². The number of hydrogen-bond acceptors (Lipinski definition) is 5. The first-order chi connectivity index (χ1) is 10.5. The molecule has 0 saturated carbocycles. The second-order valence-corrected chi connectivity index (χ2v) is 6.32. The number of sulfonamides is 1. The van der Waals surface area contributed by atoms with Crippen molar-refractivity contribution in [2.45, 2.75) is 11.8 Å². The molecule has 112 valence electrons. The lowest BCUT2D eigenvalue weighted by Crippen LogP contribution is -2.12. The van der Waals surface area contributed by atoms with Gasteiger partial charge in [0.25, 0.3) is 10.0 Å². The lowest BCUT2D eigenvalue weighted by Gasteiger charge is -2.08. The SMILES string of the molecule is Cc1nc(-c2cccc(S(=O)(=O)Nc3ccccc3)c2)no1. The Labute approximate surface area is 127 Å². The number of aryl methyl sites for hydroxylation is 1. The van der Waals surface area contributed by atoms with Gasteiger partial charge in [-0.15, -0.1) is 0 Å². The number of anilines is 1. The molecule has 0 unspecified atom stereocenters. The van der Waals surface area contributed by atoms with Crippen molar-refractivity contribution in [3.05, 3.63) is 60.5 Å². The van der Waals surface area contributed by atoms with Gasteiger partial charge in [-0.2, -0.15) is 4.98 Å². The van der Waals surface area contributed by atoms with E-state index >= 15 is 0 Å². The Morgan fingerprint density at radius 3 is 2.50 bits per heavy atom. The van der Waals surface area contributed by atoms with Crippen LogP contribution < -0.4 is 4.72 Å². The summed E-state index contributed by atoms with van der Waals surface area (Å²) in [5.74, 6) is 0.778. The van der Waals surface area contributed by atoms with E-state index in [1.165, 1.54) is 12.1 Å². The minimum Gasteiger partial charge on any atom is -0.339 e. The third kappa shape index (κ3) is 2.99. The molecule has 22 heavy (non-hydrogen) atoms. The van der Waals surface area contributed by atoms with Crippen molar-refractivity contribution in [1.29, 1.82) is 0 Å². The fourth-order valence-electron chi connectivity index (χ4n) is 1.94. The molecular weight excluding hydrogens is 302 g/mol. The number of nitrogens with zero attached hydrogens (tertiary/aromatic N) is 2. The zero-order chi connectivity index (χ0) is 15.6. The molecule has 0 aliphatic carbocycles. The molecule has 3 rings (SSSR count). The summed E-state index contributed by atoms with van der Waals surface area (Å²) in [6.07, 6.45) is 0. The van der Waals surface area contributed by atoms with Gasteiger partial charge in [-0.05, 0) is 24.3 Å². The van der Waals surface area contributed by atoms with Gasteiger partial charge in [0.05, 0.1) is 4.90 Å². The highest BCUT2D eigenvalue weighted by molar-refractivity contribution is 7.92. The first kappa shape index (κ1) is 14.3. The average molecular weight is 315 g/mol. The Morgan fingerprint density at radius 2 is 1.82 bits per heavy atom. The van der Waals surface area contributed by atoms with Crippen molar-refractivity contribution in [3.8, 4) is 11.4 Å². The van der Waals surface area contributed by atoms with Crippen LogP contribution in [-0.2, 0) is 10.0 Å². The summed E-state index contributed by atoms with van der Waals surface area (Å²) in [5, 5.41) is 3.79. The Balaban J connectivity index is 1.94. The van der Waals surface area contributed by atoms with Crippen molar-refractivity contribution >= 4 is 15.7 Å². The third-order valence-corrected chi connectivity index (χ3v) is 4.34. The molecule has 1 heterocycles. The summed E-state index contributed by atoms with van der Waals surface area (Å²) in [4.78, 5) is 4.23. The average Bonchev–Trinajstić information content (AvgIpc) is 2.95. The molecule has 0 spiro atoms. The predicted molar refractivity (Wildman–Crippen MR) is 81.7 cm³/mol. The first-order valence-corrected chi connectivity index (χ1v) is 8.01. The minimum absolute atomic E-state index is 0.135. The minimum atomic E-state index is -3.67. The van der Waals surface area contributed by atoms with Crippen LogP contribution >= 0.6 is 0 Å². The van der Waals surface area contributed by atoms with Gasteiger partial charge in [0, 0.05) is 18.2 Å². The van der Waals surface area contributed by atoms with Crippen LogP contribution in [0.1, 0.15) is 5.89 Å². The molecule has 1 N–H and O–H groups in total. The molecule has 1 aromatic heterocycles. The van der Waals surface area contributed by atoms with Crippen molar-refractivity contribution in [1.82, 2.24) is 10.1 Å². The van der Waals surface area contributed by atoms with Gasteiger partial charge in [0.1, 0.15) is 0 Å². The highest BCUT2D eigenvalue weighted by Gasteiger charge is 2.16. The van der Waals surface area contributed by atoms with Gasteiger partial charge < -0.3 is 4.52 Å². The van der Waals surface area contributed by atoms with Crippen molar-refractivity contribution in [3.63, 3.8) is 0 Å². The van der Waals surface area contributed by atoms with Crippen molar-refractivity contribution in [2.24, 2.45) is 0 Å². The maximum absolute atomic E-state index is 12.4. The fraction of sp³-hybridized carbons (Fsp3) is 0.0667. The van der Waals surface area contributed by atoms with E-state index in [4.69, 9.17) is 4.52 Å². The fourth-order valence-corrected chi connectivity index (χ4v) is 3.04. The molecule has 0 aliphatic heterocycles. The van der Waals surface area contributed by atoms with Crippen LogP contribution in [0.25, 0.3) is 11.4 Å². The van der Waals surface area contributed by atoms with E-state index < -0.39 is 10.0 Å². The number of aromatic nitrogens is 2. The van der Waals surface area contributed by atoms with E-state index in [0.717, 1.165) is 0 Å². The molecule has 0 bridgehead atoms. The lowest BCUT2D eigenvalue weighted by molar-refractivity contribution is 0.394. The Kier molecular flexibility index (Phi) is 3.64. The van der Waals surface area contributed by atoms with Crippen LogP contribution in [0.2, 0.25) is 0 Å². The zero-order valence-electron chi connectivity index (χ0n) is 11.7. The number of nitrogens with one attached hydrogen (secondary N) is 1. The smallest absolute Gasteiger partial charge is 0.261 e. The maximum atomic E-state index is 12.4. The third-order valence-electron chi connectivity index (χ3n) is 2.96. The summed E-state index contributed by atoms with van der Waals surface area (Å²) in [7, 11) is -3.67. The predicted octanol–water partition coefficient (Wildman–Crippen LogP) is 2.85. The second kappa shape index (κ2) is 5.61. The van der Waals surface area contributed by atoms with Crippen LogP contribution in [-0.4, -0.2) is 18.6 Å². The quantitative estimate of drug-likeness (QED) is 0.800.